The minimum atomic E-state index is -0.00433. The third-order valence-electron chi connectivity index (χ3n) is 4.38. The maximum atomic E-state index is 6.46. The summed E-state index contributed by atoms with van der Waals surface area (Å²) in [6.07, 6.45) is 0.949. The van der Waals surface area contributed by atoms with Crippen LogP contribution in [-0.2, 0) is 4.74 Å². The topological polar surface area (TPSA) is 47.7 Å². The predicted octanol–water partition coefficient (Wildman–Crippen LogP) is 2.58. The molecule has 4 heteroatoms. The van der Waals surface area contributed by atoms with Crippen LogP contribution in [-0.4, -0.2) is 43.3 Å². The number of nitrogens with zero attached hydrogens (tertiary/aromatic N) is 1. The van der Waals surface area contributed by atoms with Crippen LogP contribution in [0.2, 0.25) is 0 Å². The zero-order valence-electron chi connectivity index (χ0n) is 13.6. The molecule has 2 unspecified atom stereocenters. The van der Waals surface area contributed by atoms with Gasteiger partial charge in [0.2, 0.25) is 0 Å². The Kier molecular flexibility index (Phi) is 5.25. The van der Waals surface area contributed by atoms with Gasteiger partial charge in [-0.05, 0) is 38.0 Å². The van der Waals surface area contributed by atoms with Gasteiger partial charge in [-0.25, -0.2) is 0 Å². The van der Waals surface area contributed by atoms with Gasteiger partial charge in [0.15, 0.2) is 0 Å². The Morgan fingerprint density at radius 1 is 1.33 bits per heavy atom. The Hall–Kier alpha value is -1.10. The normalized spacial score (nSPS) is 21.8. The summed E-state index contributed by atoms with van der Waals surface area (Å²) in [7, 11) is 1.69. The molecular formula is C17H28N2O2. The number of hydrogen-bond acceptors (Lipinski definition) is 4. The van der Waals surface area contributed by atoms with Crippen molar-refractivity contribution in [3.63, 3.8) is 0 Å². The minimum absolute atomic E-state index is 0.00433. The number of hydrogen-bond donors (Lipinski definition) is 1. The highest BCUT2D eigenvalue weighted by Gasteiger charge is 2.38. The first-order valence-electron chi connectivity index (χ1n) is 7.73. The Morgan fingerprint density at radius 3 is 2.52 bits per heavy atom. The molecule has 0 bridgehead atoms. The van der Waals surface area contributed by atoms with Gasteiger partial charge < -0.3 is 15.2 Å². The van der Waals surface area contributed by atoms with E-state index in [2.05, 4.69) is 37.8 Å². The molecular weight excluding hydrogens is 264 g/mol. The monoisotopic (exact) mass is 292 g/mol. The first kappa shape index (κ1) is 16.3. The van der Waals surface area contributed by atoms with E-state index in [0.717, 1.165) is 31.9 Å². The largest absolute Gasteiger partial charge is 0.497 e. The highest BCUT2D eigenvalue weighted by molar-refractivity contribution is 5.30. The molecule has 0 aliphatic carbocycles. The lowest BCUT2D eigenvalue weighted by molar-refractivity contribution is -0.0777. The molecule has 1 fully saturated rings. The third kappa shape index (κ3) is 3.57. The Morgan fingerprint density at radius 2 is 2.00 bits per heavy atom. The van der Waals surface area contributed by atoms with Crippen LogP contribution in [0.4, 0.5) is 0 Å². The number of rotatable bonds is 5. The molecule has 0 spiro atoms. The maximum absolute atomic E-state index is 6.46. The fraction of sp³-hybridized carbons (Fsp3) is 0.647. The van der Waals surface area contributed by atoms with Gasteiger partial charge in [0, 0.05) is 18.1 Å². The summed E-state index contributed by atoms with van der Waals surface area (Å²) >= 11 is 0. The number of benzene rings is 1. The van der Waals surface area contributed by atoms with Gasteiger partial charge in [0.05, 0.1) is 26.4 Å². The fourth-order valence-electron chi connectivity index (χ4n) is 3.07. The Labute approximate surface area is 128 Å². The van der Waals surface area contributed by atoms with Gasteiger partial charge in [0.25, 0.3) is 0 Å². The average molecular weight is 292 g/mol. The van der Waals surface area contributed by atoms with Crippen molar-refractivity contribution in [1.29, 1.82) is 0 Å². The van der Waals surface area contributed by atoms with Crippen molar-refractivity contribution in [1.82, 2.24) is 4.90 Å². The van der Waals surface area contributed by atoms with E-state index in [4.69, 9.17) is 15.2 Å². The molecule has 118 valence electrons. The summed E-state index contributed by atoms with van der Waals surface area (Å²) in [5, 5.41) is 0. The lowest BCUT2D eigenvalue weighted by Gasteiger charge is -2.48. The van der Waals surface area contributed by atoms with Crippen LogP contribution in [0.25, 0.3) is 0 Å². The van der Waals surface area contributed by atoms with E-state index in [9.17, 15) is 0 Å². The molecule has 1 heterocycles. The number of nitrogens with two attached hydrogens (primary N) is 1. The first-order chi connectivity index (χ1) is 9.99. The molecule has 1 saturated heterocycles. The van der Waals surface area contributed by atoms with Crippen LogP contribution in [0.5, 0.6) is 5.75 Å². The summed E-state index contributed by atoms with van der Waals surface area (Å²) in [5.74, 6) is 0.879. The van der Waals surface area contributed by atoms with Gasteiger partial charge in [-0.1, -0.05) is 19.1 Å². The van der Waals surface area contributed by atoms with Crippen LogP contribution >= 0.6 is 0 Å². The molecule has 21 heavy (non-hydrogen) atoms. The van der Waals surface area contributed by atoms with Crippen LogP contribution in [0.15, 0.2) is 24.3 Å². The maximum Gasteiger partial charge on any atom is 0.118 e. The number of methoxy groups -OCH3 is 1. The van der Waals surface area contributed by atoms with E-state index in [1.165, 1.54) is 5.56 Å². The van der Waals surface area contributed by atoms with E-state index in [-0.39, 0.29) is 17.6 Å². The SMILES string of the molecule is CCC(N)C(c1ccc(OC)cc1)N1CCOCC1(C)C. The summed E-state index contributed by atoms with van der Waals surface area (Å²) in [5.41, 5.74) is 7.70. The third-order valence-corrected chi connectivity index (χ3v) is 4.38. The second-order valence-corrected chi connectivity index (χ2v) is 6.35. The molecule has 1 aromatic rings. The van der Waals surface area contributed by atoms with Gasteiger partial charge in [0.1, 0.15) is 5.75 Å². The molecule has 0 saturated carbocycles. The lowest BCUT2D eigenvalue weighted by Crippen LogP contribution is -2.57. The smallest absolute Gasteiger partial charge is 0.118 e. The summed E-state index contributed by atoms with van der Waals surface area (Å²) in [6, 6.07) is 8.60. The first-order valence-corrected chi connectivity index (χ1v) is 7.73. The van der Waals surface area contributed by atoms with Crippen molar-refractivity contribution in [2.75, 3.05) is 26.9 Å². The standard InChI is InChI=1S/C17H28N2O2/c1-5-15(18)16(13-6-8-14(20-4)9-7-13)19-10-11-21-12-17(19,2)3/h6-9,15-16H,5,10-12,18H2,1-4H3. The molecule has 0 amide bonds. The van der Waals surface area contributed by atoms with Gasteiger partial charge in [-0.2, -0.15) is 0 Å². The predicted molar refractivity (Wildman–Crippen MR) is 85.6 cm³/mol. The highest BCUT2D eigenvalue weighted by Crippen LogP contribution is 2.34. The molecule has 4 nitrogen and oxygen atoms in total. The summed E-state index contributed by atoms with van der Waals surface area (Å²) in [6.45, 7) is 9.03. The van der Waals surface area contributed by atoms with Gasteiger partial charge in [-0.15, -0.1) is 0 Å². The quantitative estimate of drug-likeness (QED) is 0.906. The molecule has 0 radical (unpaired) electrons. The zero-order chi connectivity index (χ0) is 15.5. The fourth-order valence-corrected chi connectivity index (χ4v) is 3.07. The number of ether oxygens (including phenoxy) is 2. The van der Waals surface area contributed by atoms with Crippen molar-refractivity contribution >= 4 is 0 Å². The Balaban J connectivity index is 2.32. The molecule has 1 aromatic carbocycles. The summed E-state index contributed by atoms with van der Waals surface area (Å²) < 4.78 is 10.9. The van der Waals surface area contributed by atoms with Crippen molar-refractivity contribution < 1.29 is 9.47 Å². The van der Waals surface area contributed by atoms with E-state index in [1.807, 2.05) is 12.1 Å². The van der Waals surface area contributed by atoms with Crippen LogP contribution in [0.3, 0.4) is 0 Å². The van der Waals surface area contributed by atoms with E-state index < -0.39 is 0 Å². The molecule has 2 atom stereocenters. The van der Waals surface area contributed by atoms with Gasteiger partial charge >= 0.3 is 0 Å². The lowest BCUT2D eigenvalue weighted by atomic mass is 9.90. The highest BCUT2D eigenvalue weighted by atomic mass is 16.5. The van der Waals surface area contributed by atoms with E-state index >= 15 is 0 Å². The molecule has 1 aliphatic heterocycles. The molecule has 2 N–H and O–H groups in total. The van der Waals surface area contributed by atoms with Gasteiger partial charge in [-0.3, -0.25) is 4.90 Å². The zero-order valence-corrected chi connectivity index (χ0v) is 13.6. The van der Waals surface area contributed by atoms with Crippen molar-refractivity contribution in [3.8, 4) is 5.75 Å². The van der Waals surface area contributed by atoms with Crippen molar-refractivity contribution in [3.05, 3.63) is 29.8 Å². The second-order valence-electron chi connectivity index (χ2n) is 6.35. The van der Waals surface area contributed by atoms with E-state index in [1.54, 1.807) is 7.11 Å². The van der Waals surface area contributed by atoms with Crippen LogP contribution in [0, 0.1) is 0 Å². The van der Waals surface area contributed by atoms with Crippen molar-refractivity contribution in [2.24, 2.45) is 5.73 Å². The van der Waals surface area contributed by atoms with E-state index in [0.29, 0.717) is 0 Å². The molecule has 1 aliphatic rings. The molecule has 0 aromatic heterocycles. The Bertz CT molecular complexity index is 445. The second kappa shape index (κ2) is 6.77. The minimum Gasteiger partial charge on any atom is -0.497 e. The molecule has 2 rings (SSSR count). The van der Waals surface area contributed by atoms with Crippen molar-refractivity contribution in [2.45, 2.75) is 44.8 Å². The average Bonchev–Trinajstić information content (AvgIpc) is 2.49. The summed E-state index contributed by atoms with van der Waals surface area (Å²) in [4.78, 5) is 2.49. The van der Waals surface area contributed by atoms with Crippen LogP contribution in [0.1, 0.15) is 38.8 Å². The number of morpholine rings is 1. The van der Waals surface area contributed by atoms with Crippen LogP contribution < -0.4 is 10.5 Å².